The standard InChI is InChI=1S/C29H52S/c1-4-6-7-8-9-10-11-14-17-20-23-26-29(3)27-24-21-18-15-12-13-16-19-22-25-28-30-5-2/h4,6-8,19,22,25,28-29H,5,9-18,20-21,23-24,26-27H2,1-3H3/b6-4+,8-7+,22-19+,28-25+. The lowest BCUT2D eigenvalue weighted by atomic mass is 9.96. The lowest BCUT2D eigenvalue weighted by molar-refractivity contribution is 0.431. The van der Waals surface area contributed by atoms with Crippen molar-refractivity contribution in [1.82, 2.24) is 0 Å². The molecule has 0 fully saturated rings. The smallest absolute Gasteiger partial charge is 0.00544 e. The molecular weight excluding hydrogens is 380 g/mol. The van der Waals surface area contributed by atoms with Gasteiger partial charge < -0.3 is 0 Å². The second-order valence-electron chi connectivity index (χ2n) is 8.67. The first-order valence-electron chi connectivity index (χ1n) is 13.0. The van der Waals surface area contributed by atoms with Gasteiger partial charge in [-0.25, -0.2) is 0 Å². The number of unbranched alkanes of at least 4 members (excludes halogenated alkanes) is 12. The molecule has 174 valence electrons. The predicted octanol–water partition coefficient (Wildman–Crippen LogP) is 10.8. The molecule has 0 nitrogen and oxygen atoms in total. The first kappa shape index (κ1) is 29.3. The number of hydrogen-bond acceptors (Lipinski definition) is 1. The predicted molar refractivity (Wildman–Crippen MR) is 143 cm³/mol. The van der Waals surface area contributed by atoms with Crippen LogP contribution in [0.2, 0.25) is 0 Å². The summed E-state index contributed by atoms with van der Waals surface area (Å²) in [5, 5.41) is 2.19. The molecule has 0 N–H and O–H groups in total. The molecule has 0 rings (SSSR count). The van der Waals surface area contributed by atoms with E-state index in [1.54, 1.807) is 0 Å². The van der Waals surface area contributed by atoms with E-state index in [4.69, 9.17) is 0 Å². The molecule has 1 atom stereocenters. The van der Waals surface area contributed by atoms with Gasteiger partial charge in [0.1, 0.15) is 0 Å². The number of rotatable bonds is 22. The Morgan fingerprint density at radius 2 is 1.07 bits per heavy atom. The Bertz CT molecular complexity index is 430. The summed E-state index contributed by atoms with van der Waals surface area (Å²) in [7, 11) is 0. The summed E-state index contributed by atoms with van der Waals surface area (Å²) in [6.45, 7) is 6.73. The van der Waals surface area contributed by atoms with Gasteiger partial charge in [-0.2, -0.15) is 0 Å². The third-order valence-electron chi connectivity index (χ3n) is 5.66. The molecule has 1 heteroatoms. The quantitative estimate of drug-likeness (QED) is 0.121. The second kappa shape index (κ2) is 26.3. The highest BCUT2D eigenvalue weighted by molar-refractivity contribution is 8.02. The van der Waals surface area contributed by atoms with E-state index in [0.29, 0.717) is 0 Å². The van der Waals surface area contributed by atoms with E-state index in [2.05, 4.69) is 68.7 Å². The minimum Gasteiger partial charge on any atom is -0.134 e. The molecule has 1 unspecified atom stereocenters. The maximum absolute atomic E-state index is 2.47. The molecule has 0 radical (unpaired) electrons. The highest BCUT2D eigenvalue weighted by Gasteiger charge is 2.02. The molecule has 0 amide bonds. The summed E-state index contributed by atoms with van der Waals surface area (Å²) in [5.74, 6) is 2.10. The molecular formula is C29H52S. The number of thioether (sulfide) groups is 1. The van der Waals surface area contributed by atoms with E-state index in [-0.39, 0.29) is 0 Å². The molecule has 0 aliphatic heterocycles. The van der Waals surface area contributed by atoms with E-state index in [1.807, 2.05) is 11.8 Å². The Labute approximate surface area is 194 Å². The van der Waals surface area contributed by atoms with Crippen LogP contribution in [0.15, 0.2) is 47.9 Å². The fraction of sp³-hybridized carbons (Fsp3) is 0.724. The van der Waals surface area contributed by atoms with Crippen LogP contribution in [0.3, 0.4) is 0 Å². The highest BCUT2D eigenvalue weighted by Crippen LogP contribution is 2.18. The fourth-order valence-electron chi connectivity index (χ4n) is 3.73. The van der Waals surface area contributed by atoms with Crippen LogP contribution >= 0.6 is 11.8 Å². The van der Waals surface area contributed by atoms with Gasteiger partial charge in [0.15, 0.2) is 0 Å². The van der Waals surface area contributed by atoms with Gasteiger partial charge in [-0.05, 0) is 49.7 Å². The molecule has 0 aliphatic carbocycles. The Morgan fingerprint density at radius 3 is 1.57 bits per heavy atom. The molecule has 30 heavy (non-hydrogen) atoms. The van der Waals surface area contributed by atoms with Crippen LogP contribution < -0.4 is 0 Å². The van der Waals surface area contributed by atoms with Gasteiger partial charge in [0.05, 0.1) is 0 Å². The monoisotopic (exact) mass is 432 g/mol. The topological polar surface area (TPSA) is 0 Å². The van der Waals surface area contributed by atoms with Crippen molar-refractivity contribution in [3.05, 3.63) is 47.9 Å². The van der Waals surface area contributed by atoms with E-state index < -0.39 is 0 Å². The summed E-state index contributed by atoms with van der Waals surface area (Å²) in [5.41, 5.74) is 0. The lowest BCUT2D eigenvalue weighted by Gasteiger charge is -2.11. The molecule has 0 aromatic carbocycles. The van der Waals surface area contributed by atoms with Gasteiger partial charge >= 0.3 is 0 Å². The fourth-order valence-corrected chi connectivity index (χ4v) is 4.12. The van der Waals surface area contributed by atoms with Crippen molar-refractivity contribution in [2.24, 2.45) is 5.92 Å². The minimum absolute atomic E-state index is 0.936. The summed E-state index contributed by atoms with van der Waals surface area (Å²) >= 11 is 1.87. The minimum atomic E-state index is 0.936. The van der Waals surface area contributed by atoms with Crippen molar-refractivity contribution in [3.8, 4) is 0 Å². The summed E-state index contributed by atoms with van der Waals surface area (Å²) < 4.78 is 0. The average Bonchev–Trinajstić information content (AvgIpc) is 2.75. The third kappa shape index (κ3) is 25.3. The maximum Gasteiger partial charge on any atom is -0.00544 e. The van der Waals surface area contributed by atoms with Crippen molar-refractivity contribution in [2.75, 3.05) is 5.75 Å². The SMILES string of the molecule is C/C=C/C=C/CCCCCCCCC(C)CCCCCCCC/C=C/C=C/SCC. The highest BCUT2D eigenvalue weighted by atomic mass is 32.2. The number of allylic oxidation sites excluding steroid dienone is 7. The van der Waals surface area contributed by atoms with Gasteiger partial charge in [0, 0.05) is 0 Å². The lowest BCUT2D eigenvalue weighted by Crippen LogP contribution is -1.95. The van der Waals surface area contributed by atoms with Gasteiger partial charge in [-0.1, -0.05) is 133 Å². The zero-order chi connectivity index (χ0) is 22.0. The van der Waals surface area contributed by atoms with Crippen molar-refractivity contribution >= 4 is 11.8 Å². The summed E-state index contributed by atoms with van der Waals surface area (Å²) in [6.07, 6.45) is 37.8. The molecule has 0 aromatic rings. The Hall–Kier alpha value is -0.690. The van der Waals surface area contributed by atoms with E-state index in [9.17, 15) is 0 Å². The first-order chi connectivity index (χ1) is 14.8. The van der Waals surface area contributed by atoms with E-state index in [0.717, 1.165) is 5.92 Å². The Balaban J connectivity index is 3.26. The first-order valence-corrected chi connectivity index (χ1v) is 14.1. The van der Waals surface area contributed by atoms with Crippen LogP contribution in [0.25, 0.3) is 0 Å². The van der Waals surface area contributed by atoms with E-state index in [1.165, 1.54) is 108 Å². The second-order valence-corrected chi connectivity index (χ2v) is 9.85. The number of hydrogen-bond donors (Lipinski definition) is 0. The van der Waals surface area contributed by atoms with Crippen LogP contribution in [-0.2, 0) is 0 Å². The summed E-state index contributed by atoms with van der Waals surface area (Å²) in [6, 6.07) is 0. The van der Waals surface area contributed by atoms with Crippen LogP contribution in [0.4, 0.5) is 0 Å². The largest absolute Gasteiger partial charge is 0.134 e. The third-order valence-corrected chi connectivity index (χ3v) is 6.35. The van der Waals surface area contributed by atoms with Gasteiger partial charge in [0.25, 0.3) is 0 Å². The molecule has 0 aromatic heterocycles. The van der Waals surface area contributed by atoms with Crippen molar-refractivity contribution in [2.45, 2.75) is 124 Å². The molecule has 0 saturated heterocycles. The molecule has 0 bridgehead atoms. The Kier molecular flexibility index (Phi) is 25.7. The average molecular weight is 433 g/mol. The molecule has 0 heterocycles. The zero-order valence-corrected chi connectivity index (χ0v) is 21.4. The van der Waals surface area contributed by atoms with Crippen LogP contribution in [0.5, 0.6) is 0 Å². The van der Waals surface area contributed by atoms with Gasteiger partial charge in [0.2, 0.25) is 0 Å². The normalized spacial score (nSPS) is 13.6. The Morgan fingerprint density at radius 1 is 0.600 bits per heavy atom. The van der Waals surface area contributed by atoms with Gasteiger partial charge in [-0.15, -0.1) is 11.8 Å². The summed E-state index contributed by atoms with van der Waals surface area (Å²) in [4.78, 5) is 0. The van der Waals surface area contributed by atoms with Crippen molar-refractivity contribution < 1.29 is 0 Å². The molecule has 0 aliphatic rings. The molecule has 0 saturated carbocycles. The maximum atomic E-state index is 2.47. The van der Waals surface area contributed by atoms with E-state index >= 15 is 0 Å². The van der Waals surface area contributed by atoms with Gasteiger partial charge in [-0.3, -0.25) is 0 Å². The van der Waals surface area contributed by atoms with Crippen molar-refractivity contribution in [1.29, 1.82) is 0 Å². The van der Waals surface area contributed by atoms with Crippen molar-refractivity contribution in [3.63, 3.8) is 0 Å². The van der Waals surface area contributed by atoms with Crippen LogP contribution in [0, 0.1) is 5.92 Å². The van der Waals surface area contributed by atoms with Crippen LogP contribution in [0.1, 0.15) is 124 Å². The molecule has 0 spiro atoms. The zero-order valence-electron chi connectivity index (χ0n) is 20.6. The van der Waals surface area contributed by atoms with Crippen LogP contribution in [-0.4, -0.2) is 5.75 Å².